The van der Waals surface area contributed by atoms with Crippen LogP contribution in [0.3, 0.4) is 0 Å². The van der Waals surface area contributed by atoms with Gasteiger partial charge in [-0.15, -0.1) is 0 Å². The molecule has 0 aliphatic carbocycles. The fourth-order valence-corrected chi connectivity index (χ4v) is 13.3. The second kappa shape index (κ2) is 67.5. The molecule has 0 aromatic carbocycles. The topological polar surface area (TPSA) is 237 Å². The molecule has 0 rings (SSSR count). The third-order valence-electron chi connectivity index (χ3n) is 18.2. The van der Waals surface area contributed by atoms with E-state index in [0.29, 0.717) is 25.7 Å². The van der Waals surface area contributed by atoms with Crippen molar-refractivity contribution in [2.45, 2.75) is 414 Å². The molecule has 0 aliphatic heterocycles. The highest BCUT2D eigenvalue weighted by atomic mass is 31.2. The molecule has 96 heavy (non-hydrogen) atoms. The van der Waals surface area contributed by atoms with Crippen LogP contribution in [-0.4, -0.2) is 96.7 Å². The van der Waals surface area contributed by atoms with Gasteiger partial charge in [-0.1, -0.05) is 344 Å². The minimum atomic E-state index is -4.96. The Balaban J connectivity index is 5.23. The number of aliphatic hydroxyl groups excluding tert-OH is 1. The summed E-state index contributed by atoms with van der Waals surface area (Å²) in [7, 11) is -9.91. The van der Waals surface area contributed by atoms with Gasteiger partial charge in [0, 0.05) is 25.7 Å². The fraction of sp³-hybridized carbons (Fsp3) is 0.948. The number of unbranched alkanes of at least 4 members (excludes halogenated alkanes) is 42. The summed E-state index contributed by atoms with van der Waals surface area (Å²) in [6.07, 6.45) is 54.3. The van der Waals surface area contributed by atoms with Crippen LogP contribution in [0.15, 0.2) is 0 Å². The summed E-state index contributed by atoms with van der Waals surface area (Å²) in [4.78, 5) is 72.8. The Morgan fingerprint density at radius 1 is 0.302 bits per heavy atom. The minimum Gasteiger partial charge on any atom is -0.462 e. The third kappa shape index (κ3) is 69.2. The first kappa shape index (κ1) is 94.1. The van der Waals surface area contributed by atoms with Crippen LogP contribution in [0.5, 0.6) is 0 Å². The molecule has 6 atom stereocenters. The Bertz CT molecular complexity index is 1870. The molecule has 0 radical (unpaired) electrons. The number of carbonyl (C=O) groups excluding carboxylic acids is 4. The lowest BCUT2D eigenvalue weighted by molar-refractivity contribution is -0.161. The highest BCUT2D eigenvalue weighted by molar-refractivity contribution is 7.47. The van der Waals surface area contributed by atoms with Crippen LogP contribution in [0.1, 0.15) is 395 Å². The zero-order chi connectivity index (χ0) is 70.9. The molecule has 0 aromatic rings. The Hall–Kier alpha value is -1.94. The Morgan fingerprint density at radius 2 is 0.531 bits per heavy atom. The number of rotatable bonds is 75. The largest absolute Gasteiger partial charge is 0.472 e. The van der Waals surface area contributed by atoms with Crippen LogP contribution in [0.4, 0.5) is 0 Å². The Labute approximate surface area is 588 Å². The maximum Gasteiger partial charge on any atom is 0.472 e. The second-order valence-corrected chi connectivity index (χ2v) is 31.8. The maximum atomic E-state index is 13.1. The molecule has 3 N–H and O–H groups in total. The Kier molecular flexibility index (Phi) is 66.2. The van der Waals surface area contributed by atoms with E-state index in [1.807, 2.05) is 0 Å². The number of aliphatic hydroxyl groups is 1. The van der Waals surface area contributed by atoms with Crippen LogP contribution in [0, 0.1) is 17.8 Å². The van der Waals surface area contributed by atoms with Gasteiger partial charge in [-0.05, 0) is 43.4 Å². The molecule has 17 nitrogen and oxygen atoms in total. The lowest BCUT2D eigenvalue weighted by Gasteiger charge is -2.21. The van der Waals surface area contributed by atoms with E-state index in [1.165, 1.54) is 199 Å². The van der Waals surface area contributed by atoms with Gasteiger partial charge in [-0.2, -0.15) is 0 Å². The molecule has 570 valence electrons. The number of ether oxygens (including phenoxy) is 4. The van der Waals surface area contributed by atoms with Crippen molar-refractivity contribution in [2.24, 2.45) is 17.8 Å². The van der Waals surface area contributed by atoms with E-state index in [2.05, 4.69) is 48.5 Å². The predicted octanol–water partition coefficient (Wildman–Crippen LogP) is 22.6. The van der Waals surface area contributed by atoms with E-state index in [1.54, 1.807) is 0 Å². The molecule has 19 heteroatoms. The van der Waals surface area contributed by atoms with Crippen molar-refractivity contribution in [1.29, 1.82) is 0 Å². The van der Waals surface area contributed by atoms with Gasteiger partial charge in [-0.25, -0.2) is 9.13 Å². The van der Waals surface area contributed by atoms with Gasteiger partial charge in [0.1, 0.15) is 19.3 Å². The summed E-state index contributed by atoms with van der Waals surface area (Å²) >= 11 is 0. The van der Waals surface area contributed by atoms with Crippen molar-refractivity contribution >= 4 is 39.5 Å². The molecule has 0 saturated heterocycles. The van der Waals surface area contributed by atoms with Gasteiger partial charge in [0.05, 0.1) is 26.4 Å². The van der Waals surface area contributed by atoms with Gasteiger partial charge in [0.25, 0.3) is 0 Å². The predicted molar refractivity (Wildman–Crippen MR) is 391 cm³/mol. The van der Waals surface area contributed by atoms with Gasteiger partial charge in [0.15, 0.2) is 12.2 Å². The summed E-state index contributed by atoms with van der Waals surface area (Å²) in [5, 5.41) is 10.6. The molecular weight excluding hydrogens is 1260 g/mol. The quantitative estimate of drug-likeness (QED) is 0.0222. The number of phosphoric ester groups is 2. The molecule has 0 saturated carbocycles. The van der Waals surface area contributed by atoms with Crippen LogP contribution >= 0.6 is 15.6 Å². The van der Waals surface area contributed by atoms with Crippen LogP contribution in [0.25, 0.3) is 0 Å². The molecule has 0 spiro atoms. The van der Waals surface area contributed by atoms with E-state index in [9.17, 15) is 43.2 Å². The number of phosphoric acid groups is 2. The normalized spacial score (nSPS) is 14.3. The fourth-order valence-electron chi connectivity index (χ4n) is 11.7. The van der Waals surface area contributed by atoms with Crippen molar-refractivity contribution in [2.75, 3.05) is 39.6 Å². The van der Waals surface area contributed by atoms with E-state index < -0.39 is 97.5 Å². The first-order valence-corrected chi connectivity index (χ1v) is 42.9. The van der Waals surface area contributed by atoms with Crippen molar-refractivity contribution in [3.63, 3.8) is 0 Å². The average molecular weight is 1410 g/mol. The van der Waals surface area contributed by atoms with E-state index in [-0.39, 0.29) is 25.7 Å². The molecule has 0 aliphatic rings. The van der Waals surface area contributed by atoms with Gasteiger partial charge in [0.2, 0.25) is 0 Å². The van der Waals surface area contributed by atoms with Crippen LogP contribution in [-0.2, 0) is 65.4 Å². The van der Waals surface area contributed by atoms with Crippen LogP contribution < -0.4 is 0 Å². The monoisotopic (exact) mass is 1410 g/mol. The summed E-state index contributed by atoms with van der Waals surface area (Å²) in [6.45, 7) is 11.8. The molecule has 0 bridgehead atoms. The second-order valence-electron chi connectivity index (χ2n) is 28.9. The molecule has 0 heterocycles. The third-order valence-corrected chi connectivity index (χ3v) is 20.1. The van der Waals surface area contributed by atoms with Gasteiger partial charge < -0.3 is 33.8 Å². The van der Waals surface area contributed by atoms with Gasteiger partial charge in [-0.3, -0.25) is 37.3 Å². The minimum absolute atomic E-state index is 0.104. The average Bonchev–Trinajstić information content (AvgIpc) is 1.19. The molecular formula is C77H150O17P2. The zero-order valence-electron chi connectivity index (χ0n) is 62.8. The highest BCUT2D eigenvalue weighted by Crippen LogP contribution is 2.45. The number of esters is 4. The van der Waals surface area contributed by atoms with E-state index >= 15 is 0 Å². The first-order chi connectivity index (χ1) is 46.3. The number of hydrogen-bond donors (Lipinski definition) is 3. The molecule has 0 aromatic heterocycles. The maximum absolute atomic E-state index is 13.1. The summed E-state index contributed by atoms with van der Waals surface area (Å²) < 4.78 is 68.5. The van der Waals surface area contributed by atoms with Crippen LogP contribution in [0.2, 0.25) is 0 Å². The molecule has 0 fully saturated rings. The summed E-state index contributed by atoms with van der Waals surface area (Å²) in [5.41, 5.74) is 0. The van der Waals surface area contributed by atoms with Crippen molar-refractivity contribution in [3.05, 3.63) is 0 Å². The number of carbonyl (C=O) groups is 4. The smallest absolute Gasteiger partial charge is 0.462 e. The van der Waals surface area contributed by atoms with Crippen molar-refractivity contribution < 1.29 is 80.2 Å². The van der Waals surface area contributed by atoms with E-state index in [0.717, 1.165) is 114 Å². The van der Waals surface area contributed by atoms with Crippen molar-refractivity contribution in [3.8, 4) is 0 Å². The standard InChI is InChI=1S/C77H150O17P2/c1-8-10-11-12-13-14-15-16-17-18-19-20-21-24-28-31-37-46-53-60-76(81)93-72(64-87-74(79)58-51-44-36-30-27-25-22-23-26-29-34-41-48-55-68(3)4)66-91-95(83,84)89-62-71(78)63-90-96(85,86)92-67-73(65-88-75(80)59-52-45-40-39-43-50-57-70(7)9-2)94-77(82)61-54-47-38-33-32-35-42-49-56-69(5)6/h68-73,78H,8-67H2,1-7H3,(H,83,84)(H,85,86)/t70?,71-,72-,73-/m1/s1. The lowest BCUT2D eigenvalue weighted by Crippen LogP contribution is -2.30. The lowest BCUT2D eigenvalue weighted by atomic mass is 10.00. The summed E-state index contributed by atoms with van der Waals surface area (Å²) in [5.74, 6) is 0.121. The molecule has 3 unspecified atom stereocenters. The first-order valence-electron chi connectivity index (χ1n) is 39.9. The zero-order valence-corrected chi connectivity index (χ0v) is 64.6. The number of hydrogen-bond acceptors (Lipinski definition) is 15. The summed E-state index contributed by atoms with van der Waals surface area (Å²) in [6, 6.07) is 0. The van der Waals surface area contributed by atoms with Gasteiger partial charge >= 0.3 is 39.5 Å². The highest BCUT2D eigenvalue weighted by Gasteiger charge is 2.30. The molecule has 0 amide bonds. The van der Waals surface area contributed by atoms with E-state index in [4.69, 9.17) is 37.0 Å². The van der Waals surface area contributed by atoms with Crippen molar-refractivity contribution in [1.82, 2.24) is 0 Å². The Morgan fingerprint density at radius 3 is 0.792 bits per heavy atom. The SMILES string of the molecule is CCCCCCCCCCCCCCCCCCCCCC(=O)O[C@H](COC(=O)CCCCCCCCCCCCCCCC(C)C)COP(=O)(O)OC[C@@H](O)COP(=O)(O)OC[C@@H](COC(=O)CCCCCCCCC(C)CC)OC(=O)CCCCCCCCCCC(C)C.